The first kappa shape index (κ1) is 18.9. The number of rotatable bonds is 6. The number of piperidine rings is 1. The first-order chi connectivity index (χ1) is 13.2. The van der Waals surface area contributed by atoms with E-state index in [1.54, 1.807) is 6.07 Å². The van der Waals surface area contributed by atoms with E-state index >= 15 is 0 Å². The molecule has 0 radical (unpaired) electrons. The topological polar surface area (TPSA) is 30.0 Å². The Hall–Kier alpha value is -1.40. The fraction of sp³-hybridized carbons (Fsp3) is 0.545. The summed E-state index contributed by atoms with van der Waals surface area (Å²) >= 11 is 1.93. The Morgan fingerprint density at radius 1 is 0.741 bits per heavy atom. The van der Waals surface area contributed by atoms with Gasteiger partial charge in [-0.2, -0.15) is 0 Å². The zero-order chi connectivity index (χ0) is 18.5. The van der Waals surface area contributed by atoms with Crippen LogP contribution in [0.3, 0.4) is 0 Å². The van der Waals surface area contributed by atoms with Gasteiger partial charge >= 0.3 is 0 Å². The highest BCUT2D eigenvalue weighted by Gasteiger charge is 2.18. The Morgan fingerprint density at radius 3 is 2.15 bits per heavy atom. The fourth-order valence-corrected chi connectivity index (χ4v) is 5.13. The molecule has 1 N–H and O–H groups in total. The van der Waals surface area contributed by atoms with E-state index in [9.17, 15) is 5.11 Å². The van der Waals surface area contributed by atoms with Crippen LogP contribution in [-0.2, 0) is 19.6 Å². The van der Waals surface area contributed by atoms with Crippen molar-refractivity contribution in [1.82, 2.24) is 14.7 Å². The van der Waals surface area contributed by atoms with Gasteiger partial charge in [-0.05, 0) is 60.6 Å². The lowest BCUT2D eigenvalue weighted by atomic mass is 10.1. The van der Waals surface area contributed by atoms with Gasteiger partial charge in [0.2, 0.25) is 0 Å². The Morgan fingerprint density at radius 2 is 1.41 bits per heavy atom. The van der Waals surface area contributed by atoms with Crippen molar-refractivity contribution in [2.75, 3.05) is 39.3 Å². The van der Waals surface area contributed by atoms with Gasteiger partial charge in [-0.3, -0.25) is 14.7 Å². The van der Waals surface area contributed by atoms with Crippen LogP contribution in [-0.4, -0.2) is 59.1 Å². The lowest BCUT2D eigenvalue weighted by molar-refractivity contribution is 0.122. The monoisotopic (exact) mass is 385 g/mol. The molecule has 2 aliphatic rings. The van der Waals surface area contributed by atoms with Gasteiger partial charge in [-0.25, -0.2) is 0 Å². The van der Waals surface area contributed by atoms with Crippen LogP contribution in [0.25, 0.3) is 0 Å². The Bertz CT molecular complexity index is 718. The second kappa shape index (κ2) is 9.20. The molecule has 0 aliphatic carbocycles. The third kappa shape index (κ3) is 5.55. The SMILES string of the molecule is Oc1cccc(CN2CCN(Cc3cc(CN4CCCCC4)cs3)CC2)c1. The number of aromatic hydroxyl groups is 1. The number of phenols is 1. The van der Waals surface area contributed by atoms with Gasteiger partial charge in [-0.1, -0.05) is 18.6 Å². The van der Waals surface area contributed by atoms with Gasteiger partial charge in [0.25, 0.3) is 0 Å². The maximum absolute atomic E-state index is 9.63. The van der Waals surface area contributed by atoms with Crippen LogP contribution >= 0.6 is 11.3 Å². The van der Waals surface area contributed by atoms with E-state index in [1.165, 1.54) is 48.4 Å². The minimum Gasteiger partial charge on any atom is -0.508 e. The van der Waals surface area contributed by atoms with Gasteiger partial charge in [0.1, 0.15) is 5.75 Å². The van der Waals surface area contributed by atoms with Crippen molar-refractivity contribution in [2.24, 2.45) is 0 Å². The summed E-state index contributed by atoms with van der Waals surface area (Å²) in [5.41, 5.74) is 2.70. The van der Waals surface area contributed by atoms with E-state index in [2.05, 4.69) is 32.2 Å². The number of piperazine rings is 1. The van der Waals surface area contributed by atoms with E-state index in [0.29, 0.717) is 5.75 Å². The molecule has 2 saturated heterocycles. The molecular weight excluding hydrogens is 354 g/mol. The molecule has 146 valence electrons. The lowest BCUT2D eigenvalue weighted by Crippen LogP contribution is -2.45. The number of phenolic OH excluding ortho intramolecular Hbond substituents is 1. The Kier molecular flexibility index (Phi) is 6.45. The second-order valence-electron chi connectivity index (χ2n) is 7.98. The van der Waals surface area contributed by atoms with Gasteiger partial charge in [-0.15, -0.1) is 11.3 Å². The van der Waals surface area contributed by atoms with E-state index in [4.69, 9.17) is 0 Å². The standard InChI is InChI=1S/C22H31N3OS/c26-21-6-4-5-19(13-21)15-24-9-11-25(12-10-24)17-22-14-20(18-27-22)16-23-7-2-1-3-8-23/h4-6,13-14,18,26H,1-3,7-12,15-17H2. The predicted molar refractivity (Wildman–Crippen MR) is 112 cm³/mol. The molecule has 4 nitrogen and oxygen atoms in total. The highest BCUT2D eigenvalue weighted by molar-refractivity contribution is 7.10. The molecule has 2 fully saturated rings. The molecule has 0 saturated carbocycles. The smallest absolute Gasteiger partial charge is 0.115 e. The van der Waals surface area contributed by atoms with Crippen LogP contribution in [0.1, 0.15) is 35.3 Å². The molecule has 1 aromatic heterocycles. The summed E-state index contributed by atoms with van der Waals surface area (Å²) < 4.78 is 0. The molecule has 4 rings (SSSR count). The second-order valence-corrected chi connectivity index (χ2v) is 8.98. The molecule has 1 aromatic carbocycles. The lowest BCUT2D eigenvalue weighted by Gasteiger charge is -2.34. The van der Waals surface area contributed by atoms with E-state index in [1.807, 2.05) is 23.5 Å². The minimum absolute atomic E-state index is 0.365. The maximum Gasteiger partial charge on any atom is 0.115 e. The summed E-state index contributed by atoms with van der Waals surface area (Å²) in [6.07, 6.45) is 4.14. The van der Waals surface area contributed by atoms with Crippen molar-refractivity contribution in [1.29, 1.82) is 0 Å². The van der Waals surface area contributed by atoms with Crippen LogP contribution < -0.4 is 0 Å². The third-order valence-electron chi connectivity index (χ3n) is 5.72. The fourth-order valence-electron chi connectivity index (χ4n) is 4.21. The molecular formula is C22H31N3OS. The van der Waals surface area contributed by atoms with Crippen LogP contribution in [0.5, 0.6) is 5.75 Å². The van der Waals surface area contributed by atoms with Crippen molar-refractivity contribution in [3.8, 4) is 5.75 Å². The zero-order valence-corrected chi connectivity index (χ0v) is 17.0. The molecule has 5 heteroatoms. The molecule has 0 spiro atoms. The van der Waals surface area contributed by atoms with Crippen molar-refractivity contribution in [3.05, 3.63) is 51.7 Å². The molecule has 2 aliphatic heterocycles. The summed E-state index contributed by atoms with van der Waals surface area (Å²) in [5.74, 6) is 0.365. The zero-order valence-electron chi connectivity index (χ0n) is 16.1. The van der Waals surface area contributed by atoms with Crippen LogP contribution in [0, 0.1) is 0 Å². The van der Waals surface area contributed by atoms with Crippen molar-refractivity contribution in [3.63, 3.8) is 0 Å². The summed E-state index contributed by atoms with van der Waals surface area (Å²) in [6.45, 7) is 10.1. The van der Waals surface area contributed by atoms with Crippen molar-refractivity contribution < 1.29 is 5.11 Å². The molecule has 0 unspecified atom stereocenters. The highest BCUT2D eigenvalue weighted by Crippen LogP contribution is 2.21. The predicted octanol–water partition coefficient (Wildman–Crippen LogP) is 3.76. The number of benzene rings is 1. The first-order valence-corrected chi connectivity index (χ1v) is 11.1. The van der Waals surface area contributed by atoms with Gasteiger partial charge in [0.15, 0.2) is 0 Å². The van der Waals surface area contributed by atoms with Gasteiger partial charge in [0, 0.05) is 50.7 Å². The summed E-state index contributed by atoms with van der Waals surface area (Å²) in [4.78, 5) is 9.18. The summed E-state index contributed by atoms with van der Waals surface area (Å²) in [6, 6.07) is 10.1. The van der Waals surface area contributed by atoms with E-state index in [-0.39, 0.29) is 0 Å². The quantitative estimate of drug-likeness (QED) is 0.820. The number of thiophene rings is 1. The molecule has 0 atom stereocenters. The summed E-state index contributed by atoms with van der Waals surface area (Å²) in [7, 11) is 0. The Labute approximate surface area is 167 Å². The third-order valence-corrected chi connectivity index (χ3v) is 6.69. The molecule has 2 aromatic rings. The van der Waals surface area contributed by atoms with E-state index in [0.717, 1.165) is 45.8 Å². The van der Waals surface area contributed by atoms with Crippen LogP contribution in [0.2, 0.25) is 0 Å². The molecule has 27 heavy (non-hydrogen) atoms. The number of hydrogen-bond donors (Lipinski definition) is 1. The minimum atomic E-state index is 0.365. The molecule has 0 amide bonds. The normalized spacial score (nSPS) is 20.1. The van der Waals surface area contributed by atoms with Crippen molar-refractivity contribution >= 4 is 11.3 Å². The number of hydrogen-bond acceptors (Lipinski definition) is 5. The maximum atomic E-state index is 9.63. The average Bonchev–Trinajstić information content (AvgIpc) is 3.11. The van der Waals surface area contributed by atoms with Crippen LogP contribution in [0.15, 0.2) is 35.7 Å². The summed E-state index contributed by atoms with van der Waals surface area (Å²) in [5, 5.41) is 12.0. The van der Waals surface area contributed by atoms with Crippen molar-refractivity contribution in [2.45, 2.75) is 38.9 Å². The van der Waals surface area contributed by atoms with Gasteiger partial charge < -0.3 is 5.11 Å². The first-order valence-electron chi connectivity index (χ1n) is 10.3. The Balaban J connectivity index is 1.22. The molecule has 0 bridgehead atoms. The molecule has 3 heterocycles. The van der Waals surface area contributed by atoms with Crippen LogP contribution in [0.4, 0.5) is 0 Å². The largest absolute Gasteiger partial charge is 0.508 e. The highest BCUT2D eigenvalue weighted by atomic mass is 32.1. The van der Waals surface area contributed by atoms with E-state index < -0.39 is 0 Å². The number of nitrogens with zero attached hydrogens (tertiary/aromatic N) is 3. The average molecular weight is 386 g/mol. The number of likely N-dealkylation sites (tertiary alicyclic amines) is 1. The van der Waals surface area contributed by atoms with Gasteiger partial charge in [0.05, 0.1) is 0 Å².